The standard InChI is InChI=1S/C9H8ClNOS/c1-2-6-5-7(12-11-6)8-3-4-9(10)13-8/h3-5H,2H2,1H3. The average molecular weight is 214 g/mol. The van der Waals surface area contributed by atoms with Crippen molar-refractivity contribution in [2.45, 2.75) is 13.3 Å². The van der Waals surface area contributed by atoms with Crippen LogP contribution in [-0.4, -0.2) is 5.16 Å². The lowest BCUT2D eigenvalue weighted by Gasteiger charge is -1.83. The van der Waals surface area contributed by atoms with Gasteiger partial charge in [0.2, 0.25) is 0 Å². The molecule has 0 unspecified atom stereocenters. The quantitative estimate of drug-likeness (QED) is 0.762. The third-order valence-corrected chi connectivity index (χ3v) is 2.98. The Labute approximate surface area is 85.1 Å². The minimum atomic E-state index is 0.768. The first-order valence-corrected chi connectivity index (χ1v) is 5.20. The highest BCUT2D eigenvalue weighted by molar-refractivity contribution is 7.19. The molecule has 13 heavy (non-hydrogen) atoms. The maximum atomic E-state index is 5.81. The molecular weight excluding hydrogens is 206 g/mol. The molecule has 68 valence electrons. The third kappa shape index (κ3) is 1.76. The minimum Gasteiger partial charge on any atom is -0.355 e. The van der Waals surface area contributed by atoms with Crippen LogP contribution in [0.25, 0.3) is 10.6 Å². The maximum Gasteiger partial charge on any atom is 0.177 e. The summed E-state index contributed by atoms with van der Waals surface area (Å²) in [7, 11) is 0. The Morgan fingerprint density at radius 1 is 1.54 bits per heavy atom. The Morgan fingerprint density at radius 3 is 2.92 bits per heavy atom. The first kappa shape index (κ1) is 8.78. The lowest BCUT2D eigenvalue weighted by atomic mass is 10.3. The van der Waals surface area contributed by atoms with Crippen LogP contribution in [0, 0.1) is 0 Å². The smallest absolute Gasteiger partial charge is 0.177 e. The summed E-state index contributed by atoms with van der Waals surface area (Å²) in [6.07, 6.45) is 0.891. The molecule has 0 aliphatic rings. The van der Waals surface area contributed by atoms with Crippen molar-refractivity contribution in [2.75, 3.05) is 0 Å². The molecular formula is C9H8ClNOS. The summed E-state index contributed by atoms with van der Waals surface area (Å²) in [5, 5.41) is 3.91. The van der Waals surface area contributed by atoms with Gasteiger partial charge in [-0.25, -0.2) is 0 Å². The second-order valence-electron chi connectivity index (χ2n) is 2.64. The zero-order valence-corrected chi connectivity index (χ0v) is 8.65. The van der Waals surface area contributed by atoms with E-state index in [1.807, 2.05) is 25.1 Å². The average Bonchev–Trinajstić information content (AvgIpc) is 2.71. The number of thiophene rings is 1. The second-order valence-corrected chi connectivity index (χ2v) is 4.35. The van der Waals surface area contributed by atoms with Gasteiger partial charge in [-0.15, -0.1) is 11.3 Å². The summed E-state index contributed by atoms with van der Waals surface area (Å²) in [5.41, 5.74) is 0.972. The lowest BCUT2D eigenvalue weighted by Crippen LogP contribution is -1.73. The molecule has 4 heteroatoms. The Kier molecular flexibility index (Phi) is 2.38. The van der Waals surface area contributed by atoms with E-state index in [9.17, 15) is 0 Å². The molecule has 0 aliphatic carbocycles. The Morgan fingerprint density at radius 2 is 2.38 bits per heavy atom. The molecule has 0 aliphatic heterocycles. The molecule has 0 saturated carbocycles. The molecule has 0 bridgehead atoms. The highest BCUT2D eigenvalue weighted by Gasteiger charge is 2.07. The summed E-state index contributed by atoms with van der Waals surface area (Å²) >= 11 is 7.30. The molecule has 0 fully saturated rings. The molecule has 2 aromatic rings. The normalized spacial score (nSPS) is 10.6. The first-order valence-electron chi connectivity index (χ1n) is 4.01. The van der Waals surface area contributed by atoms with Gasteiger partial charge in [-0.1, -0.05) is 23.7 Å². The largest absolute Gasteiger partial charge is 0.355 e. The van der Waals surface area contributed by atoms with E-state index in [0.717, 1.165) is 27.1 Å². The van der Waals surface area contributed by atoms with Gasteiger partial charge in [0.15, 0.2) is 5.76 Å². The van der Waals surface area contributed by atoms with Gasteiger partial charge >= 0.3 is 0 Å². The zero-order chi connectivity index (χ0) is 9.26. The highest BCUT2D eigenvalue weighted by Crippen LogP contribution is 2.31. The van der Waals surface area contributed by atoms with Crippen LogP contribution in [0.4, 0.5) is 0 Å². The van der Waals surface area contributed by atoms with Crippen molar-refractivity contribution >= 4 is 22.9 Å². The number of aryl methyl sites for hydroxylation is 1. The Bertz CT molecular complexity index is 407. The van der Waals surface area contributed by atoms with Crippen LogP contribution in [0.3, 0.4) is 0 Å². The van der Waals surface area contributed by atoms with E-state index in [4.69, 9.17) is 16.1 Å². The fraction of sp³-hybridized carbons (Fsp3) is 0.222. The van der Waals surface area contributed by atoms with E-state index in [1.54, 1.807) is 0 Å². The molecule has 2 heterocycles. The molecule has 2 nitrogen and oxygen atoms in total. The first-order chi connectivity index (χ1) is 6.29. The van der Waals surface area contributed by atoms with Gasteiger partial charge in [0.05, 0.1) is 14.9 Å². The fourth-order valence-corrected chi connectivity index (χ4v) is 2.03. The summed E-state index contributed by atoms with van der Waals surface area (Å²) in [6.45, 7) is 2.04. The van der Waals surface area contributed by atoms with Crippen LogP contribution in [-0.2, 0) is 6.42 Å². The summed E-state index contributed by atoms with van der Waals surface area (Å²) in [5.74, 6) is 0.800. The molecule has 0 saturated heterocycles. The minimum absolute atomic E-state index is 0.768. The molecule has 0 radical (unpaired) electrons. The molecule has 2 aromatic heterocycles. The second kappa shape index (κ2) is 3.52. The van der Waals surface area contributed by atoms with Gasteiger partial charge in [-0.05, 0) is 18.6 Å². The van der Waals surface area contributed by atoms with Crippen LogP contribution < -0.4 is 0 Å². The van der Waals surface area contributed by atoms with Crippen LogP contribution in [0.1, 0.15) is 12.6 Å². The van der Waals surface area contributed by atoms with E-state index >= 15 is 0 Å². The van der Waals surface area contributed by atoms with Crippen molar-refractivity contribution in [2.24, 2.45) is 0 Å². The van der Waals surface area contributed by atoms with Crippen LogP contribution in [0.15, 0.2) is 22.7 Å². The maximum absolute atomic E-state index is 5.81. The van der Waals surface area contributed by atoms with Crippen LogP contribution >= 0.6 is 22.9 Å². The third-order valence-electron chi connectivity index (χ3n) is 1.74. The van der Waals surface area contributed by atoms with Crippen LogP contribution in [0.5, 0.6) is 0 Å². The number of aromatic nitrogens is 1. The van der Waals surface area contributed by atoms with Crippen molar-refractivity contribution in [3.05, 3.63) is 28.2 Å². The Hall–Kier alpha value is -0.800. The number of rotatable bonds is 2. The predicted octanol–water partition coefficient (Wildman–Crippen LogP) is 3.62. The van der Waals surface area contributed by atoms with Crippen molar-refractivity contribution in [3.63, 3.8) is 0 Å². The van der Waals surface area contributed by atoms with Crippen molar-refractivity contribution in [3.8, 4) is 10.6 Å². The highest BCUT2D eigenvalue weighted by atomic mass is 35.5. The van der Waals surface area contributed by atoms with E-state index < -0.39 is 0 Å². The van der Waals surface area contributed by atoms with Gasteiger partial charge in [-0.2, -0.15) is 0 Å². The zero-order valence-electron chi connectivity index (χ0n) is 7.08. The molecule has 0 spiro atoms. The van der Waals surface area contributed by atoms with Crippen LogP contribution in [0.2, 0.25) is 4.34 Å². The summed E-state index contributed by atoms with van der Waals surface area (Å²) < 4.78 is 5.92. The van der Waals surface area contributed by atoms with E-state index in [0.29, 0.717) is 0 Å². The SMILES string of the molecule is CCc1cc(-c2ccc(Cl)s2)on1. The van der Waals surface area contributed by atoms with Gasteiger partial charge in [0, 0.05) is 6.07 Å². The van der Waals surface area contributed by atoms with E-state index in [2.05, 4.69) is 5.16 Å². The summed E-state index contributed by atoms with van der Waals surface area (Å²) in [6, 6.07) is 5.74. The lowest BCUT2D eigenvalue weighted by molar-refractivity contribution is 0.425. The predicted molar refractivity (Wildman–Crippen MR) is 54.2 cm³/mol. The molecule has 0 aromatic carbocycles. The van der Waals surface area contributed by atoms with Crippen molar-refractivity contribution in [1.29, 1.82) is 0 Å². The molecule has 0 N–H and O–H groups in total. The number of halogens is 1. The molecule has 0 atom stereocenters. The Balaban J connectivity index is 2.35. The van der Waals surface area contributed by atoms with Gasteiger partial charge in [0.1, 0.15) is 0 Å². The monoisotopic (exact) mass is 213 g/mol. The number of hydrogen-bond acceptors (Lipinski definition) is 3. The van der Waals surface area contributed by atoms with E-state index in [-0.39, 0.29) is 0 Å². The van der Waals surface area contributed by atoms with Crippen molar-refractivity contribution < 1.29 is 4.52 Å². The van der Waals surface area contributed by atoms with Gasteiger partial charge in [0.25, 0.3) is 0 Å². The van der Waals surface area contributed by atoms with Crippen molar-refractivity contribution in [1.82, 2.24) is 5.16 Å². The molecule has 2 rings (SSSR count). The fourth-order valence-electron chi connectivity index (χ4n) is 1.04. The number of hydrogen-bond donors (Lipinski definition) is 0. The number of nitrogens with zero attached hydrogens (tertiary/aromatic N) is 1. The topological polar surface area (TPSA) is 26.0 Å². The summed E-state index contributed by atoms with van der Waals surface area (Å²) in [4.78, 5) is 1.03. The van der Waals surface area contributed by atoms with E-state index in [1.165, 1.54) is 11.3 Å². The van der Waals surface area contributed by atoms with Gasteiger partial charge in [-0.3, -0.25) is 0 Å². The van der Waals surface area contributed by atoms with Gasteiger partial charge < -0.3 is 4.52 Å². The molecule has 0 amide bonds.